The van der Waals surface area contributed by atoms with E-state index in [1.54, 1.807) is 0 Å². The molecule has 176 valence electrons. The lowest BCUT2D eigenvalue weighted by Crippen LogP contribution is -1.88. The van der Waals surface area contributed by atoms with Crippen molar-refractivity contribution in [2.75, 3.05) is 0 Å². The molecule has 0 fully saturated rings. The first-order valence-corrected chi connectivity index (χ1v) is 12.4. The van der Waals surface area contributed by atoms with Crippen LogP contribution in [0.25, 0.3) is 55.9 Å². The van der Waals surface area contributed by atoms with E-state index in [0.29, 0.717) is 5.82 Å². The molecule has 3 nitrogen and oxygen atoms in total. The Bertz CT molecular complexity index is 1610. The molecule has 5 aromatic rings. The van der Waals surface area contributed by atoms with E-state index in [2.05, 4.69) is 87.7 Å². The van der Waals surface area contributed by atoms with E-state index in [0.717, 1.165) is 21.7 Å². The third kappa shape index (κ3) is 4.90. The lowest BCUT2D eigenvalue weighted by atomic mass is 9.98. The van der Waals surface area contributed by atoms with Gasteiger partial charge in [-0.1, -0.05) is 121 Å². The highest BCUT2D eigenvalue weighted by molar-refractivity contribution is 6.30. The Morgan fingerprint density at radius 1 is 0.405 bits per heavy atom. The molecule has 4 heteroatoms. The van der Waals surface area contributed by atoms with Gasteiger partial charge in [0, 0.05) is 10.6 Å². The van der Waals surface area contributed by atoms with Crippen LogP contribution in [0.15, 0.2) is 134 Å². The van der Waals surface area contributed by atoms with Crippen LogP contribution in [0.3, 0.4) is 0 Å². The van der Waals surface area contributed by atoms with E-state index >= 15 is 0 Å². The Morgan fingerprint density at radius 2 is 0.919 bits per heavy atom. The van der Waals surface area contributed by atoms with Crippen LogP contribution in [-0.4, -0.2) is 15.0 Å². The van der Waals surface area contributed by atoms with Gasteiger partial charge in [-0.25, -0.2) is 15.0 Å². The highest BCUT2D eigenvalue weighted by atomic mass is 35.5. The fourth-order valence-electron chi connectivity index (χ4n) is 4.51. The van der Waals surface area contributed by atoms with Crippen molar-refractivity contribution in [1.29, 1.82) is 0 Å². The molecule has 0 radical (unpaired) electrons. The number of halogens is 1. The van der Waals surface area contributed by atoms with Crippen LogP contribution in [0.2, 0.25) is 5.02 Å². The Balaban J connectivity index is 0.000000136. The van der Waals surface area contributed by atoms with Gasteiger partial charge in [0.2, 0.25) is 0 Å². The molecule has 1 aromatic heterocycles. The van der Waals surface area contributed by atoms with Crippen molar-refractivity contribution in [2.24, 2.45) is 0 Å². The van der Waals surface area contributed by atoms with Gasteiger partial charge in [-0.2, -0.15) is 0 Å². The van der Waals surface area contributed by atoms with Crippen molar-refractivity contribution in [3.63, 3.8) is 0 Å². The fraction of sp³-hybridized carbons (Fsp3) is 0. The van der Waals surface area contributed by atoms with E-state index in [-0.39, 0.29) is 0 Å². The molecule has 7 rings (SSSR count). The number of hydrogen-bond acceptors (Lipinski definition) is 3. The Morgan fingerprint density at radius 3 is 1.57 bits per heavy atom. The quantitative estimate of drug-likeness (QED) is 0.245. The van der Waals surface area contributed by atoms with Gasteiger partial charge in [0.15, 0.2) is 5.82 Å². The summed E-state index contributed by atoms with van der Waals surface area (Å²) in [5.74, 6) is 0.678. The van der Waals surface area contributed by atoms with E-state index in [1.165, 1.54) is 46.0 Å². The molecule has 0 bridgehead atoms. The summed E-state index contributed by atoms with van der Waals surface area (Å²) in [6, 6.07) is 41.6. The zero-order chi connectivity index (χ0) is 25.0. The summed E-state index contributed by atoms with van der Waals surface area (Å²) in [5, 5.41) is 0.741. The van der Waals surface area contributed by atoms with Gasteiger partial charge in [-0.15, -0.1) is 0 Å². The number of rotatable bonds is 4. The molecule has 0 saturated carbocycles. The SMILES string of the molecule is Clc1ccc(-c2ccc(-c3ncncn3)cc2)cc1.c1ccc(-c2ccccc2-c2c3cccc2-3)cc1. The molecular weight excluding hydrogens is 474 g/mol. The van der Waals surface area contributed by atoms with E-state index in [4.69, 9.17) is 11.6 Å². The van der Waals surface area contributed by atoms with Gasteiger partial charge in [0.1, 0.15) is 12.7 Å². The van der Waals surface area contributed by atoms with Gasteiger partial charge in [-0.05, 0) is 56.6 Å². The molecule has 0 amide bonds. The molecule has 0 spiro atoms. The molecule has 37 heavy (non-hydrogen) atoms. The highest BCUT2D eigenvalue weighted by Gasteiger charge is 2.26. The summed E-state index contributed by atoms with van der Waals surface area (Å²) < 4.78 is 0. The molecule has 0 atom stereocenters. The smallest absolute Gasteiger partial charge is 0.162 e. The minimum atomic E-state index is 0.678. The first-order valence-electron chi connectivity index (χ1n) is 12.0. The minimum Gasteiger partial charge on any atom is -0.225 e. The van der Waals surface area contributed by atoms with Crippen molar-refractivity contribution in [3.05, 3.63) is 139 Å². The summed E-state index contributed by atoms with van der Waals surface area (Å²) in [6.45, 7) is 0. The predicted molar refractivity (Wildman–Crippen MR) is 152 cm³/mol. The lowest BCUT2D eigenvalue weighted by Gasteiger charge is -2.06. The van der Waals surface area contributed by atoms with Crippen LogP contribution in [0.4, 0.5) is 0 Å². The third-order valence-corrected chi connectivity index (χ3v) is 6.64. The van der Waals surface area contributed by atoms with Crippen LogP contribution in [-0.2, 0) is 0 Å². The third-order valence-electron chi connectivity index (χ3n) is 6.39. The van der Waals surface area contributed by atoms with Crippen molar-refractivity contribution >= 4 is 11.6 Å². The maximum atomic E-state index is 5.88. The van der Waals surface area contributed by atoms with Crippen molar-refractivity contribution < 1.29 is 0 Å². The average Bonchev–Trinajstić information content (AvgIpc) is 3.44. The second-order valence-electron chi connectivity index (χ2n) is 8.69. The number of hydrogen-bond donors (Lipinski definition) is 0. The molecule has 0 aliphatic heterocycles. The molecule has 0 saturated heterocycles. The van der Waals surface area contributed by atoms with Crippen molar-refractivity contribution in [3.8, 4) is 55.9 Å². The van der Waals surface area contributed by atoms with E-state index in [9.17, 15) is 0 Å². The van der Waals surface area contributed by atoms with Crippen molar-refractivity contribution in [1.82, 2.24) is 15.0 Å². The molecule has 1 heterocycles. The second kappa shape index (κ2) is 10.2. The van der Waals surface area contributed by atoms with Gasteiger partial charge in [0.25, 0.3) is 0 Å². The van der Waals surface area contributed by atoms with Crippen LogP contribution in [0.5, 0.6) is 0 Å². The normalized spacial score (nSPS) is 10.8. The lowest BCUT2D eigenvalue weighted by molar-refractivity contribution is 1.06. The molecule has 2 aliphatic rings. The second-order valence-corrected chi connectivity index (χ2v) is 9.12. The Hall–Kier alpha value is -4.60. The number of nitrogens with zero attached hydrogens (tertiary/aromatic N) is 3. The zero-order valence-corrected chi connectivity index (χ0v) is 20.7. The monoisotopic (exact) mass is 495 g/mol. The summed E-state index contributed by atoms with van der Waals surface area (Å²) >= 11 is 5.88. The maximum Gasteiger partial charge on any atom is 0.162 e. The van der Waals surface area contributed by atoms with E-state index in [1.807, 2.05) is 48.5 Å². The maximum absolute atomic E-state index is 5.88. The van der Waals surface area contributed by atoms with Gasteiger partial charge >= 0.3 is 0 Å². The summed E-state index contributed by atoms with van der Waals surface area (Å²) in [7, 11) is 0. The molecule has 0 unspecified atom stereocenters. The summed E-state index contributed by atoms with van der Waals surface area (Å²) in [5.41, 5.74) is 11.5. The molecule has 4 aromatic carbocycles. The fourth-order valence-corrected chi connectivity index (χ4v) is 4.63. The summed E-state index contributed by atoms with van der Waals surface area (Å²) in [6.07, 6.45) is 2.99. The van der Waals surface area contributed by atoms with E-state index < -0.39 is 0 Å². The number of benzene rings is 5. The van der Waals surface area contributed by atoms with Crippen LogP contribution < -0.4 is 0 Å². The highest BCUT2D eigenvalue weighted by Crippen LogP contribution is 2.53. The molecule has 2 aliphatic carbocycles. The van der Waals surface area contributed by atoms with Gasteiger partial charge in [0.05, 0.1) is 0 Å². The first kappa shape index (κ1) is 22.8. The average molecular weight is 496 g/mol. The number of aromatic nitrogens is 3. The topological polar surface area (TPSA) is 38.7 Å². The Kier molecular flexibility index (Phi) is 6.28. The zero-order valence-electron chi connectivity index (χ0n) is 19.9. The molecular formula is C33H22ClN3. The summed E-state index contributed by atoms with van der Waals surface area (Å²) in [4.78, 5) is 12.1. The first-order chi connectivity index (χ1) is 18.3. The largest absolute Gasteiger partial charge is 0.225 e. The molecule has 0 N–H and O–H groups in total. The van der Waals surface area contributed by atoms with Crippen LogP contribution in [0, 0.1) is 0 Å². The number of fused-ring (bicyclic) bond motifs is 1. The van der Waals surface area contributed by atoms with Gasteiger partial charge in [-0.3, -0.25) is 0 Å². The van der Waals surface area contributed by atoms with Crippen LogP contribution in [0.1, 0.15) is 0 Å². The standard InChI is InChI=1S/C18H12.C15H10ClN3/c1-2-7-13(8-3-1)14-9-4-5-10-15(14)18-16-11-6-12-17(16)18;16-14-7-5-12(6-8-14)11-1-3-13(4-2-11)15-18-9-17-10-19-15/h1-12H;1-10H. The predicted octanol–water partition coefficient (Wildman–Crippen LogP) is 8.86. The van der Waals surface area contributed by atoms with Crippen LogP contribution >= 0.6 is 11.6 Å². The van der Waals surface area contributed by atoms with Crippen molar-refractivity contribution in [2.45, 2.75) is 0 Å². The Labute approximate surface area is 221 Å². The van der Waals surface area contributed by atoms with Gasteiger partial charge < -0.3 is 0 Å². The minimum absolute atomic E-state index is 0.678.